The molecule has 1 aromatic carbocycles. The zero-order valence-corrected chi connectivity index (χ0v) is 6.67. The average molecular weight is 189 g/mol. The molecular formula is C8H9F2NO2. The molecule has 1 rings (SSSR count). The maximum Gasteiger partial charge on any atom is 0.167 e. The number of halogens is 2. The third-order valence-electron chi connectivity index (χ3n) is 1.66. The van der Waals surface area contributed by atoms with Crippen LogP contribution in [-0.2, 0) is 0 Å². The highest BCUT2D eigenvalue weighted by atomic mass is 19.1. The topological polar surface area (TPSA) is 66.5 Å². The number of hydrogen-bond donors (Lipinski definition) is 3. The summed E-state index contributed by atoms with van der Waals surface area (Å²) in [4.78, 5) is 0. The monoisotopic (exact) mass is 189 g/mol. The van der Waals surface area contributed by atoms with Gasteiger partial charge in [-0.15, -0.1) is 0 Å². The molecule has 1 unspecified atom stereocenters. The first-order valence-corrected chi connectivity index (χ1v) is 3.60. The molecule has 0 aliphatic heterocycles. The Morgan fingerprint density at radius 3 is 2.46 bits per heavy atom. The lowest BCUT2D eigenvalue weighted by molar-refractivity contribution is 0.264. The summed E-state index contributed by atoms with van der Waals surface area (Å²) in [7, 11) is 0. The van der Waals surface area contributed by atoms with E-state index in [4.69, 9.17) is 15.9 Å². The van der Waals surface area contributed by atoms with Gasteiger partial charge in [-0.2, -0.15) is 0 Å². The van der Waals surface area contributed by atoms with E-state index >= 15 is 0 Å². The molecule has 0 spiro atoms. The van der Waals surface area contributed by atoms with E-state index in [0.717, 1.165) is 6.07 Å². The summed E-state index contributed by atoms with van der Waals surface area (Å²) in [6, 6.07) is 0.442. The molecule has 13 heavy (non-hydrogen) atoms. The van der Waals surface area contributed by atoms with Crippen molar-refractivity contribution in [2.45, 2.75) is 6.04 Å². The van der Waals surface area contributed by atoms with E-state index in [9.17, 15) is 8.78 Å². The quantitative estimate of drug-likeness (QED) is 0.640. The van der Waals surface area contributed by atoms with Gasteiger partial charge in [0.05, 0.1) is 12.6 Å². The first-order valence-electron chi connectivity index (χ1n) is 3.60. The summed E-state index contributed by atoms with van der Waals surface area (Å²) in [5.74, 6) is -2.61. The molecule has 0 aliphatic rings. The van der Waals surface area contributed by atoms with Crippen LogP contribution in [0.1, 0.15) is 11.6 Å². The Hall–Kier alpha value is -1.20. The summed E-state index contributed by atoms with van der Waals surface area (Å²) in [6.45, 7) is -0.470. The molecule has 0 saturated carbocycles. The van der Waals surface area contributed by atoms with Crippen LogP contribution in [0.2, 0.25) is 0 Å². The Morgan fingerprint density at radius 2 is 1.92 bits per heavy atom. The van der Waals surface area contributed by atoms with Crippen LogP contribution in [0.15, 0.2) is 12.1 Å². The van der Waals surface area contributed by atoms with Crippen molar-refractivity contribution in [2.75, 3.05) is 6.61 Å². The number of rotatable bonds is 2. The SMILES string of the molecule is NC(CO)c1cc(O)c(F)cc1F. The lowest BCUT2D eigenvalue weighted by Crippen LogP contribution is -2.16. The van der Waals surface area contributed by atoms with Crippen LogP contribution in [-0.4, -0.2) is 16.8 Å². The van der Waals surface area contributed by atoms with Gasteiger partial charge in [0.25, 0.3) is 0 Å². The molecule has 0 heterocycles. The largest absolute Gasteiger partial charge is 0.505 e. The second-order valence-electron chi connectivity index (χ2n) is 2.61. The lowest BCUT2D eigenvalue weighted by Gasteiger charge is -2.10. The van der Waals surface area contributed by atoms with Gasteiger partial charge in [-0.1, -0.05) is 0 Å². The Bertz CT molecular complexity index is 317. The normalized spacial score (nSPS) is 12.9. The van der Waals surface area contributed by atoms with Gasteiger partial charge >= 0.3 is 0 Å². The minimum atomic E-state index is -1.05. The molecule has 0 saturated heterocycles. The Balaban J connectivity index is 3.15. The molecule has 5 heteroatoms. The van der Waals surface area contributed by atoms with Crippen molar-refractivity contribution < 1.29 is 19.0 Å². The van der Waals surface area contributed by atoms with Gasteiger partial charge in [0.2, 0.25) is 0 Å². The highest BCUT2D eigenvalue weighted by molar-refractivity contribution is 5.32. The third kappa shape index (κ3) is 1.93. The highest BCUT2D eigenvalue weighted by Crippen LogP contribution is 2.23. The number of nitrogens with two attached hydrogens (primary N) is 1. The molecule has 0 aliphatic carbocycles. The van der Waals surface area contributed by atoms with Gasteiger partial charge in [-0.25, -0.2) is 8.78 Å². The molecule has 0 radical (unpaired) electrons. The molecule has 0 aromatic heterocycles. The highest BCUT2D eigenvalue weighted by Gasteiger charge is 2.14. The zero-order valence-electron chi connectivity index (χ0n) is 6.67. The van der Waals surface area contributed by atoms with Crippen molar-refractivity contribution in [3.8, 4) is 5.75 Å². The fourth-order valence-electron chi connectivity index (χ4n) is 0.936. The molecule has 0 fully saturated rings. The summed E-state index contributed by atoms with van der Waals surface area (Å²) >= 11 is 0. The van der Waals surface area contributed by atoms with E-state index in [1.165, 1.54) is 0 Å². The number of aliphatic hydroxyl groups excluding tert-OH is 1. The van der Waals surface area contributed by atoms with Crippen LogP contribution in [0.5, 0.6) is 5.75 Å². The number of hydrogen-bond acceptors (Lipinski definition) is 3. The van der Waals surface area contributed by atoms with Crippen LogP contribution in [0, 0.1) is 11.6 Å². The van der Waals surface area contributed by atoms with E-state index in [0.29, 0.717) is 6.07 Å². The van der Waals surface area contributed by atoms with Gasteiger partial charge < -0.3 is 15.9 Å². The summed E-state index contributed by atoms with van der Waals surface area (Å²) < 4.78 is 25.5. The van der Waals surface area contributed by atoms with Crippen molar-refractivity contribution in [1.29, 1.82) is 0 Å². The van der Waals surface area contributed by atoms with E-state index in [1.54, 1.807) is 0 Å². The smallest absolute Gasteiger partial charge is 0.167 e. The second kappa shape index (κ2) is 3.68. The molecule has 0 bridgehead atoms. The molecule has 3 nitrogen and oxygen atoms in total. The predicted molar refractivity (Wildman–Crippen MR) is 42.0 cm³/mol. The maximum atomic E-state index is 12.9. The minimum absolute atomic E-state index is 0.110. The van der Waals surface area contributed by atoms with Crippen molar-refractivity contribution in [2.24, 2.45) is 5.73 Å². The second-order valence-corrected chi connectivity index (χ2v) is 2.61. The standard InChI is InChI=1S/C8H9F2NO2/c9-5-2-6(10)8(13)1-4(5)7(11)3-12/h1-2,7,12-13H,3,11H2. The van der Waals surface area contributed by atoms with Crippen LogP contribution >= 0.6 is 0 Å². The van der Waals surface area contributed by atoms with Crippen LogP contribution in [0.4, 0.5) is 8.78 Å². The molecule has 1 atom stereocenters. The number of aromatic hydroxyl groups is 1. The number of benzene rings is 1. The molecule has 0 amide bonds. The molecule has 4 N–H and O–H groups in total. The average Bonchev–Trinajstić information content (AvgIpc) is 2.10. The van der Waals surface area contributed by atoms with E-state index < -0.39 is 30.0 Å². The van der Waals surface area contributed by atoms with Crippen LogP contribution in [0.25, 0.3) is 0 Å². The fourth-order valence-corrected chi connectivity index (χ4v) is 0.936. The summed E-state index contributed by atoms with van der Waals surface area (Å²) in [5.41, 5.74) is 5.18. The van der Waals surface area contributed by atoms with Crippen molar-refractivity contribution >= 4 is 0 Å². The Morgan fingerprint density at radius 1 is 1.31 bits per heavy atom. The summed E-state index contributed by atoms with van der Waals surface area (Å²) in [5, 5.41) is 17.5. The van der Waals surface area contributed by atoms with Crippen molar-refractivity contribution in [1.82, 2.24) is 0 Å². The van der Waals surface area contributed by atoms with Crippen LogP contribution < -0.4 is 5.73 Å². The first-order chi connectivity index (χ1) is 6.06. The third-order valence-corrected chi connectivity index (χ3v) is 1.66. The van der Waals surface area contributed by atoms with Gasteiger partial charge in [0.1, 0.15) is 5.82 Å². The van der Waals surface area contributed by atoms with Crippen molar-refractivity contribution in [3.05, 3.63) is 29.3 Å². The molecule has 72 valence electrons. The Labute approximate surface area is 73.4 Å². The van der Waals surface area contributed by atoms with Gasteiger partial charge in [-0.3, -0.25) is 0 Å². The first kappa shape index (κ1) is 9.88. The Kier molecular flexibility index (Phi) is 2.79. The summed E-state index contributed by atoms with van der Waals surface area (Å²) in [6.07, 6.45) is 0. The van der Waals surface area contributed by atoms with E-state index in [2.05, 4.69) is 0 Å². The maximum absolute atomic E-state index is 12.9. The number of phenolic OH excluding ortho intramolecular Hbond substituents is 1. The minimum Gasteiger partial charge on any atom is -0.505 e. The van der Waals surface area contributed by atoms with Gasteiger partial charge in [0.15, 0.2) is 11.6 Å². The van der Waals surface area contributed by atoms with Gasteiger partial charge in [-0.05, 0) is 6.07 Å². The lowest BCUT2D eigenvalue weighted by atomic mass is 10.1. The van der Waals surface area contributed by atoms with Gasteiger partial charge in [0, 0.05) is 11.6 Å². The molecular weight excluding hydrogens is 180 g/mol. The van der Waals surface area contributed by atoms with Crippen LogP contribution in [0.3, 0.4) is 0 Å². The van der Waals surface area contributed by atoms with E-state index in [-0.39, 0.29) is 5.56 Å². The fraction of sp³-hybridized carbons (Fsp3) is 0.250. The number of aliphatic hydroxyl groups is 1. The zero-order chi connectivity index (χ0) is 10.0. The molecule has 1 aromatic rings. The number of phenols is 1. The van der Waals surface area contributed by atoms with E-state index in [1.807, 2.05) is 0 Å². The van der Waals surface area contributed by atoms with Crippen molar-refractivity contribution in [3.63, 3.8) is 0 Å². The predicted octanol–water partition coefficient (Wildman–Crippen LogP) is 0.662.